The number of ether oxygens (including phenoxy) is 1. The van der Waals surface area contributed by atoms with Crippen LogP contribution < -0.4 is 4.74 Å². The van der Waals surface area contributed by atoms with E-state index in [9.17, 15) is 16.8 Å². The summed E-state index contributed by atoms with van der Waals surface area (Å²) in [6.45, 7) is 0. The number of rotatable bonds is 6. The van der Waals surface area contributed by atoms with Gasteiger partial charge in [0.2, 0.25) is 0 Å². The van der Waals surface area contributed by atoms with Crippen LogP contribution in [0, 0.1) is 0 Å². The Kier molecular flexibility index (Phi) is 4.75. The van der Waals surface area contributed by atoms with Crippen LogP contribution in [0.4, 0.5) is 0 Å². The molecule has 0 aliphatic heterocycles. The summed E-state index contributed by atoms with van der Waals surface area (Å²) in [5.74, 6) is -0.312. The van der Waals surface area contributed by atoms with E-state index in [0.29, 0.717) is 11.3 Å². The van der Waals surface area contributed by atoms with Crippen LogP contribution in [0.2, 0.25) is 0 Å². The van der Waals surface area contributed by atoms with E-state index in [1.165, 1.54) is 7.11 Å². The number of hydrogen-bond acceptors (Lipinski definition) is 5. The molecule has 0 radical (unpaired) electrons. The number of hydrogen-bond donors (Lipinski definition) is 0. The Morgan fingerprint density at radius 2 is 1.78 bits per heavy atom. The minimum atomic E-state index is -3.43. The fraction of sp³-hybridized carbons (Fsp3) is 0.455. The molecule has 102 valence electrons. The smallest absolute Gasteiger partial charge is 0.155 e. The lowest BCUT2D eigenvalue weighted by Gasteiger charge is -2.05. The van der Waals surface area contributed by atoms with Gasteiger partial charge in [-0.15, -0.1) is 0 Å². The molecular weight excluding hydrogens is 276 g/mol. The molecular formula is C11H16O5S2. The molecule has 0 saturated heterocycles. The second kappa shape index (κ2) is 5.71. The van der Waals surface area contributed by atoms with E-state index in [-0.39, 0.29) is 17.3 Å². The molecule has 0 aliphatic rings. The average Bonchev–Trinajstić information content (AvgIpc) is 2.25. The molecule has 0 aliphatic carbocycles. The first-order valence-corrected chi connectivity index (χ1v) is 9.11. The maximum Gasteiger partial charge on any atom is 0.155 e. The minimum absolute atomic E-state index is 0.181. The highest BCUT2D eigenvalue weighted by Gasteiger charge is 2.15. The lowest BCUT2D eigenvalue weighted by molar-refractivity contribution is 0.414. The third-order valence-corrected chi connectivity index (χ3v) is 5.09. The van der Waals surface area contributed by atoms with Gasteiger partial charge in [-0.1, -0.05) is 12.1 Å². The van der Waals surface area contributed by atoms with E-state index >= 15 is 0 Å². The summed E-state index contributed by atoms with van der Waals surface area (Å²) >= 11 is 0. The predicted molar refractivity (Wildman–Crippen MR) is 70.2 cm³/mol. The maximum absolute atomic E-state index is 11.7. The highest BCUT2D eigenvalue weighted by atomic mass is 32.2. The van der Waals surface area contributed by atoms with Gasteiger partial charge in [-0.25, -0.2) is 16.8 Å². The molecule has 7 heteroatoms. The van der Waals surface area contributed by atoms with Crippen LogP contribution in [0.5, 0.6) is 5.75 Å². The second-order valence-corrected chi connectivity index (χ2v) is 8.52. The summed E-state index contributed by atoms with van der Waals surface area (Å²) < 4.78 is 50.4. The predicted octanol–water partition coefficient (Wildman–Crippen LogP) is 0.655. The first kappa shape index (κ1) is 15.0. The van der Waals surface area contributed by atoms with Gasteiger partial charge in [0.1, 0.15) is 15.6 Å². The lowest BCUT2D eigenvalue weighted by atomic mass is 10.2. The quantitative estimate of drug-likeness (QED) is 0.769. The molecule has 0 heterocycles. The van der Waals surface area contributed by atoms with Gasteiger partial charge >= 0.3 is 0 Å². The van der Waals surface area contributed by atoms with Crippen molar-refractivity contribution in [3.8, 4) is 5.75 Å². The molecule has 1 aromatic carbocycles. The van der Waals surface area contributed by atoms with Crippen molar-refractivity contribution in [3.05, 3.63) is 29.8 Å². The molecule has 0 aromatic heterocycles. The molecule has 0 atom stereocenters. The molecule has 1 rings (SSSR count). The van der Waals surface area contributed by atoms with E-state index in [1.54, 1.807) is 24.3 Å². The van der Waals surface area contributed by atoms with E-state index in [0.717, 1.165) is 6.26 Å². The second-order valence-electron chi connectivity index (χ2n) is 4.07. The molecule has 5 nitrogen and oxygen atoms in total. The van der Waals surface area contributed by atoms with Crippen molar-refractivity contribution >= 4 is 19.7 Å². The minimum Gasteiger partial charge on any atom is -0.497 e. The lowest BCUT2D eigenvalue weighted by Crippen LogP contribution is -2.17. The SMILES string of the molecule is COc1cccc(CS(=O)(=O)CCS(C)(=O)=O)c1. The Balaban J connectivity index is 2.76. The summed E-state index contributed by atoms with van der Waals surface area (Å²) in [7, 11) is -5.20. The molecule has 0 fully saturated rings. The van der Waals surface area contributed by atoms with Crippen LogP contribution in [0.15, 0.2) is 24.3 Å². The van der Waals surface area contributed by atoms with Gasteiger partial charge in [-0.2, -0.15) is 0 Å². The number of methoxy groups -OCH3 is 1. The Bertz CT molecular complexity index is 602. The molecule has 0 amide bonds. The van der Waals surface area contributed by atoms with E-state index in [1.807, 2.05) is 0 Å². The van der Waals surface area contributed by atoms with Crippen molar-refractivity contribution in [2.75, 3.05) is 24.9 Å². The summed E-state index contributed by atoms with van der Waals surface area (Å²) in [5.41, 5.74) is 0.586. The van der Waals surface area contributed by atoms with Crippen molar-refractivity contribution < 1.29 is 21.6 Å². The third kappa shape index (κ3) is 5.50. The fourth-order valence-corrected chi connectivity index (χ4v) is 4.43. The highest BCUT2D eigenvalue weighted by Crippen LogP contribution is 2.15. The summed E-state index contributed by atoms with van der Waals surface area (Å²) in [5, 5.41) is 0. The van der Waals surface area contributed by atoms with Crippen LogP contribution >= 0.6 is 0 Å². The standard InChI is InChI=1S/C11H16O5S2/c1-16-11-5-3-4-10(8-11)9-18(14,15)7-6-17(2,12)13/h3-5,8H,6-7,9H2,1-2H3. The molecule has 0 spiro atoms. The number of sulfone groups is 2. The maximum atomic E-state index is 11.7. The van der Waals surface area contributed by atoms with Gasteiger partial charge in [0, 0.05) is 6.26 Å². The Hall–Kier alpha value is -1.08. The molecule has 0 unspecified atom stereocenters. The highest BCUT2D eigenvalue weighted by molar-refractivity contribution is 7.94. The van der Waals surface area contributed by atoms with E-state index in [4.69, 9.17) is 4.74 Å². The van der Waals surface area contributed by atoms with Crippen molar-refractivity contribution in [2.45, 2.75) is 5.75 Å². The summed E-state index contributed by atoms with van der Waals surface area (Å²) in [6, 6.07) is 6.70. The Labute approximate surface area is 108 Å². The van der Waals surface area contributed by atoms with Crippen molar-refractivity contribution in [1.29, 1.82) is 0 Å². The summed E-state index contributed by atoms with van der Waals surface area (Å²) in [6.07, 6.45) is 1.02. The van der Waals surface area contributed by atoms with E-state index < -0.39 is 19.7 Å². The van der Waals surface area contributed by atoms with Crippen LogP contribution in [-0.2, 0) is 25.4 Å². The van der Waals surface area contributed by atoms with Crippen LogP contribution in [-0.4, -0.2) is 41.7 Å². The van der Waals surface area contributed by atoms with Crippen LogP contribution in [0.25, 0.3) is 0 Å². The first-order valence-electron chi connectivity index (χ1n) is 5.23. The molecule has 0 bridgehead atoms. The zero-order valence-electron chi connectivity index (χ0n) is 10.3. The van der Waals surface area contributed by atoms with Crippen molar-refractivity contribution in [2.24, 2.45) is 0 Å². The normalized spacial score (nSPS) is 12.3. The van der Waals surface area contributed by atoms with Crippen molar-refractivity contribution in [1.82, 2.24) is 0 Å². The van der Waals surface area contributed by atoms with Gasteiger partial charge in [-0.3, -0.25) is 0 Å². The van der Waals surface area contributed by atoms with Crippen LogP contribution in [0.1, 0.15) is 5.56 Å². The fourth-order valence-electron chi connectivity index (χ4n) is 1.37. The molecule has 18 heavy (non-hydrogen) atoms. The Morgan fingerprint density at radius 1 is 1.11 bits per heavy atom. The molecule has 0 saturated carbocycles. The van der Waals surface area contributed by atoms with Gasteiger partial charge in [0.05, 0.1) is 24.4 Å². The molecule has 0 N–H and O–H groups in total. The van der Waals surface area contributed by atoms with Crippen LogP contribution in [0.3, 0.4) is 0 Å². The van der Waals surface area contributed by atoms with Gasteiger partial charge < -0.3 is 4.74 Å². The van der Waals surface area contributed by atoms with Gasteiger partial charge in [0.25, 0.3) is 0 Å². The first-order chi connectivity index (χ1) is 8.22. The van der Waals surface area contributed by atoms with Gasteiger partial charge in [0.15, 0.2) is 9.84 Å². The largest absolute Gasteiger partial charge is 0.497 e. The third-order valence-electron chi connectivity index (χ3n) is 2.29. The van der Waals surface area contributed by atoms with Crippen molar-refractivity contribution in [3.63, 3.8) is 0 Å². The van der Waals surface area contributed by atoms with Gasteiger partial charge in [-0.05, 0) is 17.7 Å². The topological polar surface area (TPSA) is 77.5 Å². The van der Waals surface area contributed by atoms with E-state index in [2.05, 4.69) is 0 Å². The zero-order valence-corrected chi connectivity index (χ0v) is 11.9. The number of benzene rings is 1. The Morgan fingerprint density at radius 3 is 2.33 bits per heavy atom. The average molecular weight is 292 g/mol. The monoisotopic (exact) mass is 292 g/mol. The zero-order chi connectivity index (χ0) is 13.8. The summed E-state index contributed by atoms with van der Waals surface area (Å²) in [4.78, 5) is 0. The molecule has 1 aromatic rings.